The third-order valence-corrected chi connectivity index (χ3v) is 6.40. The number of carbonyl (C=O) groups is 2. The minimum absolute atomic E-state index is 0.115. The highest BCUT2D eigenvalue weighted by molar-refractivity contribution is 7.92. The monoisotopic (exact) mass is 431 g/mol. The second-order valence-corrected chi connectivity index (χ2v) is 8.43. The van der Waals surface area contributed by atoms with Crippen LogP contribution in [0.5, 0.6) is 5.75 Å². The third-order valence-electron chi connectivity index (χ3n) is 4.99. The molecule has 2 aromatic carbocycles. The number of imide groups is 1. The molecule has 0 bridgehead atoms. The summed E-state index contributed by atoms with van der Waals surface area (Å²) in [6, 6.07) is 11.3. The first-order chi connectivity index (χ1) is 14.3. The average molecular weight is 432 g/mol. The van der Waals surface area contributed by atoms with Gasteiger partial charge in [-0.2, -0.15) is 0 Å². The van der Waals surface area contributed by atoms with Crippen LogP contribution in [-0.4, -0.2) is 40.4 Å². The van der Waals surface area contributed by atoms with Crippen LogP contribution in [0.3, 0.4) is 0 Å². The molecule has 0 saturated carbocycles. The summed E-state index contributed by atoms with van der Waals surface area (Å²) in [4.78, 5) is 27.1. The number of amides is 2. The number of benzene rings is 2. The molecular weight excluding hydrogens is 406 g/mol. The quantitative estimate of drug-likeness (QED) is 0.646. The lowest BCUT2D eigenvalue weighted by Gasteiger charge is -2.21. The van der Waals surface area contributed by atoms with Gasteiger partial charge >= 0.3 is 0 Å². The van der Waals surface area contributed by atoms with Crippen molar-refractivity contribution in [2.45, 2.75) is 31.6 Å². The molecule has 1 saturated heterocycles. The summed E-state index contributed by atoms with van der Waals surface area (Å²) in [5.41, 5.74) is 1.60. The lowest BCUT2D eigenvalue weighted by atomic mass is 10.2. The number of ether oxygens (including phenoxy) is 1. The zero-order chi connectivity index (χ0) is 21.9. The first-order valence-electron chi connectivity index (χ1n) is 9.72. The summed E-state index contributed by atoms with van der Waals surface area (Å²) in [6.45, 7) is 5.80. The van der Waals surface area contributed by atoms with E-state index in [9.17, 15) is 18.0 Å². The zero-order valence-corrected chi connectivity index (χ0v) is 18.0. The van der Waals surface area contributed by atoms with Crippen molar-refractivity contribution in [1.29, 1.82) is 0 Å². The summed E-state index contributed by atoms with van der Waals surface area (Å²) >= 11 is 0. The van der Waals surface area contributed by atoms with Crippen LogP contribution >= 0.6 is 0 Å². The smallest absolute Gasteiger partial charge is 0.265 e. The molecule has 1 fully saturated rings. The van der Waals surface area contributed by atoms with Gasteiger partial charge in [0.05, 0.1) is 12.8 Å². The van der Waals surface area contributed by atoms with Crippen LogP contribution in [-0.2, 0) is 19.6 Å². The number of carbonyl (C=O) groups excluding carboxylic acids is 2. The van der Waals surface area contributed by atoms with E-state index in [1.807, 2.05) is 12.1 Å². The normalized spacial score (nSPS) is 14.2. The van der Waals surface area contributed by atoms with E-state index >= 15 is 0 Å². The molecule has 9 heteroatoms. The average Bonchev–Trinajstić information content (AvgIpc) is 3.07. The Morgan fingerprint density at radius 1 is 1.00 bits per heavy atom. The Bertz CT molecular complexity index is 1030. The Balaban J connectivity index is 1.92. The Morgan fingerprint density at radius 3 is 2.13 bits per heavy atom. The van der Waals surface area contributed by atoms with E-state index in [2.05, 4.69) is 23.5 Å². The lowest BCUT2D eigenvalue weighted by Crippen LogP contribution is -2.28. The summed E-state index contributed by atoms with van der Waals surface area (Å²) in [5.74, 6) is -0.591. The first-order valence-corrected chi connectivity index (χ1v) is 11.2. The van der Waals surface area contributed by atoms with Gasteiger partial charge in [-0.1, -0.05) is 0 Å². The van der Waals surface area contributed by atoms with Crippen molar-refractivity contribution in [2.24, 2.45) is 0 Å². The Hall–Kier alpha value is -3.07. The standard InChI is InChI=1S/C21H25N3O5S/c1-4-23(5-2)16-8-6-15(7-9-16)22-30(27,28)19-14-17(10-11-18(19)29-3)24-20(25)12-13-21(24)26/h6-11,14,22H,4-5,12-13H2,1-3H3. The molecule has 2 amide bonds. The number of methoxy groups -OCH3 is 1. The van der Waals surface area contributed by atoms with Crippen molar-refractivity contribution in [3.63, 3.8) is 0 Å². The number of hydrogen-bond acceptors (Lipinski definition) is 6. The first kappa shape index (κ1) is 21.6. The molecule has 1 aliphatic heterocycles. The van der Waals surface area contributed by atoms with Gasteiger partial charge in [0.25, 0.3) is 10.0 Å². The molecule has 3 rings (SSSR count). The van der Waals surface area contributed by atoms with Crippen LogP contribution in [0, 0.1) is 0 Å². The van der Waals surface area contributed by atoms with E-state index in [1.165, 1.54) is 25.3 Å². The van der Waals surface area contributed by atoms with Crippen molar-refractivity contribution in [3.05, 3.63) is 42.5 Å². The highest BCUT2D eigenvalue weighted by Crippen LogP contribution is 2.32. The van der Waals surface area contributed by atoms with Crippen molar-refractivity contribution in [2.75, 3.05) is 34.7 Å². The van der Waals surface area contributed by atoms with Gasteiger partial charge in [0.1, 0.15) is 10.6 Å². The molecule has 0 spiro atoms. The predicted octanol–water partition coefficient (Wildman–Crippen LogP) is 3.00. The molecule has 0 aliphatic carbocycles. The van der Waals surface area contributed by atoms with Crippen LogP contribution in [0.15, 0.2) is 47.4 Å². The molecule has 8 nitrogen and oxygen atoms in total. The number of sulfonamides is 1. The second-order valence-electron chi connectivity index (χ2n) is 6.78. The largest absolute Gasteiger partial charge is 0.495 e. The predicted molar refractivity (Wildman–Crippen MR) is 116 cm³/mol. The van der Waals surface area contributed by atoms with Crippen molar-refractivity contribution in [3.8, 4) is 5.75 Å². The van der Waals surface area contributed by atoms with Gasteiger partial charge in [0.15, 0.2) is 0 Å². The third kappa shape index (κ3) is 4.25. The molecule has 0 atom stereocenters. The van der Waals surface area contributed by atoms with Gasteiger partial charge in [0.2, 0.25) is 11.8 Å². The number of rotatable bonds is 8. The Kier molecular flexibility index (Phi) is 6.31. The molecule has 0 radical (unpaired) electrons. The molecule has 1 aliphatic rings. The van der Waals surface area contributed by atoms with Crippen LogP contribution in [0.4, 0.5) is 17.1 Å². The highest BCUT2D eigenvalue weighted by Gasteiger charge is 2.32. The molecule has 1 heterocycles. The summed E-state index contributed by atoms with van der Waals surface area (Å²) in [6.07, 6.45) is 0.230. The fraction of sp³-hybridized carbons (Fsp3) is 0.333. The molecular formula is C21H25N3O5S. The lowest BCUT2D eigenvalue weighted by molar-refractivity contribution is -0.121. The van der Waals surface area contributed by atoms with Crippen LogP contribution in [0.1, 0.15) is 26.7 Å². The summed E-state index contributed by atoms with van der Waals surface area (Å²) < 4.78 is 33.8. The fourth-order valence-electron chi connectivity index (χ4n) is 3.42. The van der Waals surface area contributed by atoms with Gasteiger partial charge in [0, 0.05) is 37.3 Å². The Morgan fingerprint density at radius 2 is 1.60 bits per heavy atom. The molecule has 2 aromatic rings. The van der Waals surface area contributed by atoms with E-state index in [0.717, 1.165) is 23.7 Å². The molecule has 30 heavy (non-hydrogen) atoms. The van der Waals surface area contributed by atoms with Crippen LogP contribution in [0.25, 0.3) is 0 Å². The van der Waals surface area contributed by atoms with E-state index in [0.29, 0.717) is 5.69 Å². The van der Waals surface area contributed by atoms with Crippen LogP contribution in [0.2, 0.25) is 0 Å². The van der Waals surface area contributed by atoms with Gasteiger partial charge in [-0.25, -0.2) is 8.42 Å². The molecule has 0 aromatic heterocycles. The summed E-state index contributed by atoms with van der Waals surface area (Å²) in [7, 11) is -2.67. The SMILES string of the molecule is CCN(CC)c1ccc(NS(=O)(=O)c2cc(N3C(=O)CCC3=O)ccc2OC)cc1. The number of anilines is 3. The van der Waals surface area contributed by atoms with E-state index in [-0.39, 0.29) is 41.0 Å². The van der Waals surface area contributed by atoms with E-state index in [1.54, 1.807) is 12.1 Å². The maximum absolute atomic E-state index is 13.1. The second kappa shape index (κ2) is 8.74. The highest BCUT2D eigenvalue weighted by atomic mass is 32.2. The number of hydrogen-bond donors (Lipinski definition) is 1. The maximum Gasteiger partial charge on any atom is 0.265 e. The van der Waals surface area contributed by atoms with Gasteiger partial charge in [-0.15, -0.1) is 0 Å². The van der Waals surface area contributed by atoms with Crippen LogP contribution < -0.4 is 19.3 Å². The topological polar surface area (TPSA) is 96.0 Å². The number of nitrogens with one attached hydrogen (secondary N) is 1. The van der Waals surface area contributed by atoms with Gasteiger partial charge in [-0.3, -0.25) is 19.2 Å². The maximum atomic E-state index is 13.1. The minimum Gasteiger partial charge on any atom is -0.495 e. The minimum atomic E-state index is -4.03. The van der Waals surface area contributed by atoms with E-state index in [4.69, 9.17) is 4.74 Å². The zero-order valence-electron chi connectivity index (χ0n) is 17.2. The van der Waals surface area contributed by atoms with Gasteiger partial charge < -0.3 is 9.64 Å². The van der Waals surface area contributed by atoms with Crippen molar-refractivity contribution in [1.82, 2.24) is 0 Å². The van der Waals surface area contributed by atoms with Crippen molar-refractivity contribution < 1.29 is 22.7 Å². The molecule has 1 N–H and O–H groups in total. The van der Waals surface area contributed by atoms with E-state index < -0.39 is 10.0 Å². The number of nitrogens with zero attached hydrogens (tertiary/aromatic N) is 2. The summed E-state index contributed by atoms with van der Waals surface area (Å²) in [5, 5.41) is 0. The fourth-order valence-corrected chi connectivity index (χ4v) is 4.67. The molecule has 0 unspecified atom stereocenters. The Labute approximate surface area is 176 Å². The molecule has 160 valence electrons. The van der Waals surface area contributed by atoms with Gasteiger partial charge in [-0.05, 0) is 56.3 Å². The van der Waals surface area contributed by atoms with Crippen molar-refractivity contribution >= 4 is 38.9 Å².